The highest BCUT2D eigenvalue weighted by atomic mass is 16.1. The van der Waals surface area contributed by atoms with Crippen LogP contribution in [0.2, 0.25) is 0 Å². The van der Waals surface area contributed by atoms with Gasteiger partial charge >= 0.3 is 0 Å². The number of aryl methyl sites for hydroxylation is 1. The van der Waals surface area contributed by atoms with E-state index in [9.17, 15) is 4.79 Å². The van der Waals surface area contributed by atoms with E-state index in [0.29, 0.717) is 23.0 Å². The highest BCUT2D eigenvalue weighted by Crippen LogP contribution is 2.60. The Kier molecular flexibility index (Phi) is 8.81. The van der Waals surface area contributed by atoms with Crippen molar-refractivity contribution in [2.24, 2.45) is 17.3 Å². The molecule has 4 heteroatoms. The number of carbonyl (C=O) groups is 1. The van der Waals surface area contributed by atoms with E-state index in [4.69, 9.17) is 0 Å². The molecule has 1 aliphatic heterocycles. The SMILES string of the molecule is CC.CC.Cc1nccc(C2CCN(C3CC4(CC(C(=O)C(C)C)C4)C3)CC2)n1. The van der Waals surface area contributed by atoms with Crippen LogP contribution in [0.4, 0.5) is 0 Å². The molecule has 164 valence electrons. The molecule has 4 nitrogen and oxygen atoms in total. The molecule has 0 amide bonds. The highest BCUT2D eigenvalue weighted by Gasteiger charge is 2.55. The van der Waals surface area contributed by atoms with Gasteiger partial charge in [-0.25, -0.2) is 9.97 Å². The van der Waals surface area contributed by atoms with Gasteiger partial charge in [0.05, 0.1) is 0 Å². The summed E-state index contributed by atoms with van der Waals surface area (Å²) >= 11 is 0. The van der Waals surface area contributed by atoms with E-state index >= 15 is 0 Å². The van der Waals surface area contributed by atoms with Crippen molar-refractivity contribution < 1.29 is 4.79 Å². The summed E-state index contributed by atoms with van der Waals surface area (Å²) < 4.78 is 0. The second-order valence-corrected chi connectivity index (χ2v) is 9.06. The van der Waals surface area contributed by atoms with Crippen molar-refractivity contribution in [3.05, 3.63) is 23.8 Å². The smallest absolute Gasteiger partial charge is 0.138 e. The lowest BCUT2D eigenvalue weighted by Gasteiger charge is -2.60. The molecule has 4 rings (SSSR count). The van der Waals surface area contributed by atoms with Gasteiger partial charge in [-0.05, 0) is 70.0 Å². The van der Waals surface area contributed by atoms with Crippen molar-refractivity contribution in [3.63, 3.8) is 0 Å². The third-order valence-corrected chi connectivity index (χ3v) is 6.93. The number of aromatic nitrogens is 2. The summed E-state index contributed by atoms with van der Waals surface area (Å²) in [4.78, 5) is 23.7. The zero-order valence-electron chi connectivity index (χ0n) is 19.9. The van der Waals surface area contributed by atoms with E-state index in [-0.39, 0.29) is 5.92 Å². The summed E-state index contributed by atoms with van der Waals surface area (Å²) in [5.41, 5.74) is 1.76. The van der Waals surface area contributed by atoms with Gasteiger partial charge in [0, 0.05) is 35.7 Å². The van der Waals surface area contributed by atoms with E-state index in [2.05, 4.69) is 20.9 Å². The molecule has 0 atom stereocenters. The maximum absolute atomic E-state index is 12.1. The zero-order chi connectivity index (χ0) is 21.6. The summed E-state index contributed by atoms with van der Waals surface area (Å²) in [7, 11) is 0. The Balaban J connectivity index is 0.000000707. The molecule has 3 fully saturated rings. The van der Waals surface area contributed by atoms with E-state index in [1.54, 1.807) is 0 Å². The molecule has 1 aromatic heterocycles. The van der Waals surface area contributed by atoms with Crippen LogP contribution in [0.15, 0.2) is 12.3 Å². The predicted molar refractivity (Wildman–Crippen MR) is 121 cm³/mol. The topological polar surface area (TPSA) is 46.1 Å². The third kappa shape index (κ3) is 5.45. The van der Waals surface area contributed by atoms with Crippen molar-refractivity contribution in [2.45, 2.75) is 99.0 Å². The highest BCUT2D eigenvalue weighted by molar-refractivity contribution is 5.83. The normalized spacial score (nSPS) is 29.1. The molecule has 0 N–H and O–H groups in total. The van der Waals surface area contributed by atoms with Crippen LogP contribution < -0.4 is 0 Å². The Morgan fingerprint density at radius 1 is 1.07 bits per heavy atom. The van der Waals surface area contributed by atoms with Gasteiger partial charge < -0.3 is 4.90 Å². The van der Waals surface area contributed by atoms with Crippen LogP contribution in [0.1, 0.15) is 97.5 Å². The van der Waals surface area contributed by atoms with Gasteiger partial charge in [-0.1, -0.05) is 41.5 Å². The number of likely N-dealkylation sites (tertiary alicyclic amines) is 1. The second kappa shape index (κ2) is 10.7. The molecule has 0 unspecified atom stereocenters. The largest absolute Gasteiger partial charge is 0.300 e. The minimum absolute atomic E-state index is 0.211. The molecule has 3 aliphatic rings. The summed E-state index contributed by atoms with van der Waals surface area (Å²) in [6.07, 6.45) is 9.31. The molecule has 1 aromatic rings. The maximum atomic E-state index is 12.1. The summed E-state index contributed by atoms with van der Waals surface area (Å²) in [6.45, 7) is 16.5. The maximum Gasteiger partial charge on any atom is 0.138 e. The molecule has 2 heterocycles. The monoisotopic (exact) mass is 401 g/mol. The minimum Gasteiger partial charge on any atom is -0.300 e. The van der Waals surface area contributed by atoms with Crippen LogP contribution in [-0.4, -0.2) is 39.8 Å². The van der Waals surface area contributed by atoms with Gasteiger partial charge in [-0.3, -0.25) is 4.79 Å². The first-order chi connectivity index (χ1) is 14.0. The van der Waals surface area contributed by atoms with E-state index in [1.807, 2.05) is 54.7 Å². The Labute approximate surface area is 178 Å². The minimum atomic E-state index is 0.211. The van der Waals surface area contributed by atoms with Gasteiger partial charge in [0.2, 0.25) is 0 Å². The van der Waals surface area contributed by atoms with Gasteiger partial charge in [0.1, 0.15) is 11.6 Å². The van der Waals surface area contributed by atoms with Crippen molar-refractivity contribution >= 4 is 5.78 Å². The fraction of sp³-hybridized carbons (Fsp3) is 0.800. The lowest BCUT2D eigenvalue weighted by molar-refractivity contribution is -0.144. The molecule has 0 aromatic carbocycles. The molecule has 1 spiro atoms. The van der Waals surface area contributed by atoms with Crippen molar-refractivity contribution in [1.82, 2.24) is 14.9 Å². The van der Waals surface area contributed by atoms with Crippen molar-refractivity contribution in [1.29, 1.82) is 0 Å². The molecular formula is C25H43N3O. The molecule has 0 bridgehead atoms. The Morgan fingerprint density at radius 2 is 1.66 bits per heavy atom. The second-order valence-electron chi connectivity index (χ2n) is 9.06. The van der Waals surface area contributed by atoms with Crippen molar-refractivity contribution in [2.75, 3.05) is 13.1 Å². The number of Topliss-reactive ketones (excluding diaryl/α,β-unsaturated/α-hetero) is 1. The van der Waals surface area contributed by atoms with Crippen LogP contribution in [-0.2, 0) is 4.79 Å². The Morgan fingerprint density at radius 3 is 2.17 bits per heavy atom. The average molecular weight is 402 g/mol. The van der Waals surface area contributed by atoms with Gasteiger partial charge in [0.25, 0.3) is 0 Å². The van der Waals surface area contributed by atoms with Crippen molar-refractivity contribution in [3.8, 4) is 0 Å². The zero-order valence-corrected chi connectivity index (χ0v) is 19.9. The lowest BCUT2D eigenvalue weighted by Crippen LogP contribution is -2.58. The number of rotatable bonds is 4. The number of carbonyl (C=O) groups excluding carboxylic acids is 1. The van der Waals surface area contributed by atoms with Gasteiger partial charge in [-0.2, -0.15) is 0 Å². The fourth-order valence-electron chi connectivity index (χ4n) is 5.45. The number of hydrogen-bond acceptors (Lipinski definition) is 4. The summed E-state index contributed by atoms with van der Waals surface area (Å²) in [6, 6.07) is 2.86. The van der Waals surface area contributed by atoms with E-state index in [1.165, 1.54) is 44.5 Å². The molecule has 0 radical (unpaired) electrons. The van der Waals surface area contributed by atoms with Crippen LogP contribution >= 0.6 is 0 Å². The standard InChI is InChI=1S/C21H31N3O.2C2H6/c1-14(2)20(25)17-10-21(11-17)12-18(13-21)24-8-5-16(6-9-24)19-4-7-22-15(3)23-19;2*1-2/h4,7,14,16-18H,5-6,8-13H2,1-3H3;2*1-2H3. The Bertz CT molecular complexity index is 635. The molecule has 1 saturated heterocycles. The summed E-state index contributed by atoms with van der Waals surface area (Å²) in [5.74, 6) is 2.56. The van der Waals surface area contributed by atoms with E-state index in [0.717, 1.165) is 24.7 Å². The number of ketones is 1. The number of hydrogen-bond donors (Lipinski definition) is 0. The lowest BCUT2D eigenvalue weighted by atomic mass is 9.48. The van der Waals surface area contributed by atoms with Crippen LogP contribution in [0, 0.1) is 24.2 Å². The van der Waals surface area contributed by atoms with Crippen LogP contribution in [0.3, 0.4) is 0 Å². The molecular weight excluding hydrogens is 358 g/mol. The first kappa shape index (κ1) is 24.0. The fourth-order valence-corrected chi connectivity index (χ4v) is 5.45. The van der Waals surface area contributed by atoms with Gasteiger partial charge in [0.15, 0.2) is 0 Å². The quantitative estimate of drug-likeness (QED) is 0.639. The van der Waals surface area contributed by atoms with Gasteiger partial charge in [-0.15, -0.1) is 0 Å². The van der Waals surface area contributed by atoms with E-state index < -0.39 is 0 Å². The van der Waals surface area contributed by atoms with Crippen LogP contribution in [0.25, 0.3) is 0 Å². The molecule has 29 heavy (non-hydrogen) atoms. The number of piperidine rings is 1. The first-order valence-corrected chi connectivity index (χ1v) is 12.0. The first-order valence-electron chi connectivity index (χ1n) is 12.0. The number of nitrogens with zero attached hydrogens (tertiary/aromatic N) is 3. The Hall–Kier alpha value is -1.29. The summed E-state index contributed by atoms with van der Waals surface area (Å²) in [5, 5.41) is 0. The predicted octanol–water partition coefficient (Wildman–Crippen LogP) is 5.80. The third-order valence-electron chi connectivity index (χ3n) is 6.93. The molecule has 2 saturated carbocycles. The van der Waals surface area contributed by atoms with Crippen LogP contribution in [0.5, 0.6) is 0 Å². The molecule has 2 aliphatic carbocycles. The average Bonchev–Trinajstić information content (AvgIpc) is 2.69.